The fraction of sp³-hybridized carbons (Fsp3) is 0.615. The third-order valence-corrected chi connectivity index (χ3v) is 3.31. The lowest BCUT2D eigenvalue weighted by atomic mass is 9.95. The zero-order chi connectivity index (χ0) is 11.4. The third-order valence-electron chi connectivity index (χ3n) is 3.31. The number of hydrogen-bond donors (Lipinski definition) is 2. The van der Waals surface area contributed by atoms with Crippen molar-refractivity contribution in [3.63, 3.8) is 0 Å². The van der Waals surface area contributed by atoms with E-state index in [0.29, 0.717) is 11.7 Å². The van der Waals surface area contributed by atoms with Crippen LogP contribution in [0.5, 0.6) is 0 Å². The summed E-state index contributed by atoms with van der Waals surface area (Å²) in [6.07, 6.45) is 7.01. The fourth-order valence-electron chi connectivity index (χ4n) is 2.29. The number of aromatic amines is 1. The highest BCUT2D eigenvalue weighted by Gasteiger charge is 2.17. The zero-order valence-electron chi connectivity index (χ0n) is 9.88. The van der Waals surface area contributed by atoms with E-state index in [1.165, 1.54) is 19.3 Å². The first-order valence-corrected chi connectivity index (χ1v) is 6.28. The quantitative estimate of drug-likeness (QED) is 0.808. The van der Waals surface area contributed by atoms with Gasteiger partial charge in [0, 0.05) is 11.7 Å². The van der Waals surface area contributed by atoms with Crippen molar-refractivity contribution in [2.45, 2.75) is 51.5 Å². The molecule has 1 aromatic rings. The molecule has 1 aromatic heterocycles. The van der Waals surface area contributed by atoms with Crippen LogP contribution in [0.1, 0.15) is 55.2 Å². The standard InChI is InChI=1S/C13H20N2O/c1-2-10-8-9-12(14-10)13(16)15-11-6-4-3-5-7-11/h8-9,11,14H,2-7H2,1H3,(H,15,16). The van der Waals surface area contributed by atoms with Gasteiger partial charge in [-0.05, 0) is 31.4 Å². The van der Waals surface area contributed by atoms with Gasteiger partial charge in [-0.25, -0.2) is 0 Å². The van der Waals surface area contributed by atoms with Crippen molar-refractivity contribution >= 4 is 5.91 Å². The molecule has 0 aromatic carbocycles. The number of aromatic nitrogens is 1. The summed E-state index contributed by atoms with van der Waals surface area (Å²) >= 11 is 0. The molecule has 0 bridgehead atoms. The van der Waals surface area contributed by atoms with Gasteiger partial charge in [-0.2, -0.15) is 0 Å². The second-order valence-corrected chi connectivity index (χ2v) is 4.56. The summed E-state index contributed by atoms with van der Waals surface area (Å²) in [5.41, 5.74) is 1.82. The predicted molar refractivity (Wildman–Crippen MR) is 64.5 cm³/mol. The fourth-order valence-corrected chi connectivity index (χ4v) is 2.29. The molecule has 1 aliphatic carbocycles. The Balaban J connectivity index is 1.91. The third kappa shape index (κ3) is 2.65. The Morgan fingerprint density at radius 2 is 2.12 bits per heavy atom. The Labute approximate surface area is 96.6 Å². The van der Waals surface area contributed by atoms with Crippen molar-refractivity contribution in [2.75, 3.05) is 0 Å². The van der Waals surface area contributed by atoms with Crippen molar-refractivity contribution in [1.29, 1.82) is 0 Å². The lowest BCUT2D eigenvalue weighted by Crippen LogP contribution is -2.36. The molecule has 0 radical (unpaired) electrons. The Hall–Kier alpha value is -1.25. The van der Waals surface area contributed by atoms with Gasteiger partial charge in [-0.1, -0.05) is 26.2 Å². The Kier molecular flexibility index (Phi) is 3.65. The molecule has 1 fully saturated rings. The van der Waals surface area contributed by atoms with Gasteiger partial charge in [0.2, 0.25) is 0 Å². The lowest BCUT2D eigenvalue weighted by molar-refractivity contribution is 0.0923. The normalized spacial score (nSPS) is 17.3. The van der Waals surface area contributed by atoms with Crippen molar-refractivity contribution in [3.05, 3.63) is 23.5 Å². The SMILES string of the molecule is CCc1ccc(C(=O)NC2CCCCC2)[nH]1. The van der Waals surface area contributed by atoms with Crippen LogP contribution >= 0.6 is 0 Å². The molecule has 3 nitrogen and oxygen atoms in total. The van der Waals surface area contributed by atoms with E-state index in [2.05, 4.69) is 17.2 Å². The number of hydrogen-bond acceptors (Lipinski definition) is 1. The average molecular weight is 220 g/mol. The average Bonchev–Trinajstić information content (AvgIpc) is 2.79. The molecule has 16 heavy (non-hydrogen) atoms. The summed E-state index contributed by atoms with van der Waals surface area (Å²) in [5.74, 6) is 0.0478. The van der Waals surface area contributed by atoms with E-state index in [1.807, 2.05) is 12.1 Å². The highest BCUT2D eigenvalue weighted by molar-refractivity contribution is 5.92. The Morgan fingerprint density at radius 3 is 2.75 bits per heavy atom. The van der Waals surface area contributed by atoms with Crippen LogP contribution in [0, 0.1) is 0 Å². The summed E-state index contributed by atoms with van der Waals surface area (Å²) in [6, 6.07) is 4.24. The minimum atomic E-state index is 0.0478. The summed E-state index contributed by atoms with van der Waals surface area (Å²) < 4.78 is 0. The molecule has 3 heteroatoms. The second-order valence-electron chi connectivity index (χ2n) is 4.56. The van der Waals surface area contributed by atoms with Crippen LogP contribution in [-0.4, -0.2) is 16.9 Å². The molecular formula is C13H20N2O. The zero-order valence-corrected chi connectivity index (χ0v) is 9.88. The summed E-state index contributed by atoms with van der Waals surface area (Å²) in [6.45, 7) is 2.08. The van der Waals surface area contributed by atoms with Crippen LogP contribution in [0.4, 0.5) is 0 Å². The number of H-pyrrole nitrogens is 1. The molecule has 0 atom stereocenters. The maximum Gasteiger partial charge on any atom is 0.267 e. The smallest absolute Gasteiger partial charge is 0.267 e. The number of rotatable bonds is 3. The Bertz CT molecular complexity index is 351. The van der Waals surface area contributed by atoms with Gasteiger partial charge in [0.15, 0.2) is 0 Å². The first-order chi connectivity index (χ1) is 7.79. The van der Waals surface area contributed by atoms with Gasteiger partial charge in [-0.3, -0.25) is 4.79 Å². The molecule has 1 saturated carbocycles. The molecule has 1 aliphatic rings. The van der Waals surface area contributed by atoms with E-state index >= 15 is 0 Å². The molecule has 88 valence electrons. The molecule has 0 unspecified atom stereocenters. The van der Waals surface area contributed by atoms with E-state index in [-0.39, 0.29) is 5.91 Å². The van der Waals surface area contributed by atoms with Crippen molar-refractivity contribution in [2.24, 2.45) is 0 Å². The van der Waals surface area contributed by atoms with E-state index < -0.39 is 0 Å². The first kappa shape index (κ1) is 11.2. The van der Waals surface area contributed by atoms with Crippen LogP contribution in [0.2, 0.25) is 0 Å². The summed E-state index contributed by atoms with van der Waals surface area (Å²) in [5, 5.41) is 3.10. The largest absolute Gasteiger partial charge is 0.354 e. The van der Waals surface area contributed by atoms with Crippen molar-refractivity contribution < 1.29 is 4.79 Å². The van der Waals surface area contributed by atoms with Crippen molar-refractivity contribution in [1.82, 2.24) is 10.3 Å². The number of nitrogens with one attached hydrogen (secondary N) is 2. The van der Waals surface area contributed by atoms with Crippen LogP contribution in [0.15, 0.2) is 12.1 Å². The molecular weight excluding hydrogens is 200 g/mol. The molecule has 2 rings (SSSR count). The molecule has 0 spiro atoms. The van der Waals surface area contributed by atoms with E-state index in [1.54, 1.807) is 0 Å². The summed E-state index contributed by atoms with van der Waals surface area (Å²) in [7, 11) is 0. The van der Waals surface area contributed by atoms with Gasteiger partial charge in [0.05, 0.1) is 0 Å². The van der Waals surface area contributed by atoms with Crippen molar-refractivity contribution in [3.8, 4) is 0 Å². The van der Waals surface area contributed by atoms with Crippen LogP contribution in [0.3, 0.4) is 0 Å². The summed E-state index contributed by atoms with van der Waals surface area (Å²) in [4.78, 5) is 15.0. The van der Waals surface area contributed by atoms with Crippen LogP contribution in [0.25, 0.3) is 0 Å². The molecule has 1 heterocycles. The van der Waals surface area contributed by atoms with E-state index in [9.17, 15) is 4.79 Å². The molecule has 1 amide bonds. The maximum atomic E-state index is 11.9. The predicted octanol–water partition coefficient (Wildman–Crippen LogP) is 2.64. The first-order valence-electron chi connectivity index (χ1n) is 6.28. The number of amides is 1. The van der Waals surface area contributed by atoms with Gasteiger partial charge in [0.25, 0.3) is 5.91 Å². The van der Waals surface area contributed by atoms with Crippen LogP contribution < -0.4 is 5.32 Å². The van der Waals surface area contributed by atoms with Crippen LogP contribution in [-0.2, 0) is 6.42 Å². The molecule has 0 aliphatic heterocycles. The number of carbonyl (C=O) groups excluding carboxylic acids is 1. The number of carbonyl (C=O) groups is 1. The van der Waals surface area contributed by atoms with E-state index in [4.69, 9.17) is 0 Å². The molecule has 2 N–H and O–H groups in total. The highest BCUT2D eigenvalue weighted by Crippen LogP contribution is 2.17. The minimum Gasteiger partial charge on any atom is -0.354 e. The van der Waals surface area contributed by atoms with Gasteiger partial charge >= 0.3 is 0 Å². The Morgan fingerprint density at radius 1 is 1.38 bits per heavy atom. The van der Waals surface area contributed by atoms with Gasteiger partial charge in [0.1, 0.15) is 5.69 Å². The second kappa shape index (κ2) is 5.19. The highest BCUT2D eigenvalue weighted by atomic mass is 16.1. The maximum absolute atomic E-state index is 11.9. The number of aryl methyl sites for hydroxylation is 1. The molecule has 0 saturated heterocycles. The van der Waals surface area contributed by atoms with E-state index in [0.717, 1.165) is 25.0 Å². The lowest BCUT2D eigenvalue weighted by Gasteiger charge is -2.22. The monoisotopic (exact) mass is 220 g/mol. The van der Waals surface area contributed by atoms with Gasteiger partial charge < -0.3 is 10.3 Å². The van der Waals surface area contributed by atoms with Gasteiger partial charge in [-0.15, -0.1) is 0 Å². The minimum absolute atomic E-state index is 0.0478. The topological polar surface area (TPSA) is 44.9 Å².